The third kappa shape index (κ3) is 6.23. The van der Waals surface area contributed by atoms with Gasteiger partial charge in [-0.3, -0.25) is 19.3 Å². The lowest BCUT2D eigenvalue weighted by molar-refractivity contribution is -0.137. The zero-order valence-corrected chi connectivity index (χ0v) is 15.8. The zero-order valence-electron chi connectivity index (χ0n) is 15.8. The average Bonchev–Trinajstić information content (AvgIpc) is 2.99. The Kier molecular flexibility index (Phi) is 8.03. The first kappa shape index (κ1) is 20.7. The first-order chi connectivity index (χ1) is 13.0. The van der Waals surface area contributed by atoms with Gasteiger partial charge in [-0.25, -0.2) is 4.79 Å². The molecule has 0 N–H and O–H groups in total. The highest BCUT2D eigenvalue weighted by Crippen LogP contribution is 2.10. The van der Waals surface area contributed by atoms with Crippen molar-refractivity contribution in [3.63, 3.8) is 0 Å². The van der Waals surface area contributed by atoms with Gasteiger partial charge in [0.15, 0.2) is 0 Å². The summed E-state index contributed by atoms with van der Waals surface area (Å²) in [6.07, 6.45) is 8.42. The first-order valence-electron chi connectivity index (χ1n) is 9.37. The van der Waals surface area contributed by atoms with Crippen LogP contribution in [0.3, 0.4) is 0 Å². The molecule has 0 spiro atoms. The molecule has 2 aliphatic rings. The summed E-state index contributed by atoms with van der Waals surface area (Å²) >= 11 is 0. The van der Waals surface area contributed by atoms with E-state index < -0.39 is 0 Å². The van der Waals surface area contributed by atoms with Crippen molar-refractivity contribution in [1.82, 2.24) is 14.7 Å². The van der Waals surface area contributed by atoms with Crippen molar-refractivity contribution in [2.24, 2.45) is 0 Å². The molecule has 2 aliphatic heterocycles. The highest BCUT2D eigenvalue weighted by atomic mass is 16.6. The van der Waals surface area contributed by atoms with Crippen LogP contribution in [0.5, 0.6) is 0 Å². The molecule has 1 saturated heterocycles. The Morgan fingerprint density at radius 2 is 1.63 bits per heavy atom. The van der Waals surface area contributed by atoms with Gasteiger partial charge in [0.2, 0.25) is 5.91 Å². The lowest BCUT2D eigenvalue weighted by Gasteiger charge is -2.34. The number of allylic oxidation sites excluding steroid dienone is 1. The molecular formula is C19H27N3O5. The minimum Gasteiger partial charge on any atom is -0.445 e. The van der Waals surface area contributed by atoms with Crippen molar-refractivity contribution in [1.29, 1.82) is 0 Å². The van der Waals surface area contributed by atoms with Crippen molar-refractivity contribution in [3.8, 4) is 0 Å². The Labute approximate surface area is 159 Å². The number of carbonyl (C=O) groups excluding carboxylic acids is 4. The summed E-state index contributed by atoms with van der Waals surface area (Å²) < 4.78 is 5.11. The second-order valence-electron chi connectivity index (χ2n) is 6.49. The number of rotatable bonds is 8. The molecule has 0 aromatic rings. The fourth-order valence-electron chi connectivity index (χ4n) is 2.98. The van der Waals surface area contributed by atoms with E-state index in [1.807, 2.05) is 13.0 Å². The molecular weight excluding hydrogens is 350 g/mol. The molecule has 0 bridgehead atoms. The van der Waals surface area contributed by atoms with E-state index in [-0.39, 0.29) is 30.4 Å². The van der Waals surface area contributed by atoms with Crippen molar-refractivity contribution in [2.75, 3.05) is 39.3 Å². The van der Waals surface area contributed by atoms with E-state index in [9.17, 15) is 19.2 Å². The van der Waals surface area contributed by atoms with Crippen LogP contribution >= 0.6 is 0 Å². The normalized spacial score (nSPS) is 17.3. The molecule has 27 heavy (non-hydrogen) atoms. The van der Waals surface area contributed by atoms with Gasteiger partial charge in [-0.15, -0.1) is 0 Å². The standard InChI is InChI=1S/C19H27N3O5/c1-2-3-15-27-19(26)21-13-11-20(12-14-21)16(23)7-5-4-6-10-22-17(24)8-9-18(22)25/h2-3,8-9H,4-7,10-15H2,1H3/b3-2+. The minimum atomic E-state index is -0.347. The van der Waals surface area contributed by atoms with Crippen LogP contribution in [0.4, 0.5) is 4.79 Å². The van der Waals surface area contributed by atoms with E-state index in [0.29, 0.717) is 52.0 Å². The van der Waals surface area contributed by atoms with Gasteiger partial charge < -0.3 is 14.5 Å². The van der Waals surface area contributed by atoms with Gasteiger partial charge in [-0.05, 0) is 19.8 Å². The highest BCUT2D eigenvalue weighted by Gasteiger charge is 2.25. The van der Waals surface area contributed by atoms with Gasteiger partial charge in [-0.2, -0.15) is 0 Å². The topological polar surface area (TPSA) is 87.2 Å². The number of carbonyl (C=O) groups is 4. The van der Waals surface area contributed by atoms with Crippen LogP contribution in [0.25, 0.3) is 0 Å². The summed E-state index contributed by atoms with van der Waals surface area (Å²) in [5.74, 6) is -0.455. The fourth-order valence-corrected chi connectivity index (χ4v) is 2.98. The van der Waals surface area contributed by atoms with Crippen LogP contribution in [-0.4, -0.2) is 77.8 Å². The van der Waals surface area contributed by atoms with Crippen molar-refractivity contribution in [3.05, 3.63) is 24.3 Å². The molecule has 4 amide bonds. The number of unbranched alkanes of at least 4 members (excludes halogenated alkanes) is 2. The largest absolute Gasteiger partial charge is 0.445 e. The van der Waals surface area contributed by atoms with Gasteiger partial charge in [0.1, 0.15) is 6.61 Å². The van der Waals surface area contributed by atoms with Crippen LogP contribution in [0.15, 0.2) is 24.3 Å². The van der Waals surface area contributed by atoms with Gasteiger partial charge in [-0.1, -0.05) is 18.6 Å². The molecule has 0 saturated carbocycles. The molecule has 0 radical (unpaired) electrons. The summed E-state index contributed by atoms with van der Waals surface area (Å²) in [6, 6.07) is 0. The summed E-state index contributed by atoms with van der Waals surface area (Å²) in [5.41, 5.74) is 0. The predicted octanol–water partition coefficient (Wildman–Crippen LogP) is 1.33. The molecule has 2 rings (SSSR count). The van der Waals surface area contributed by atoms with Crippen molar-refractivity contribution in [2.45, 2.75) is 32.6 Å². The number of amides is 4. The second kappa shape index (κ2) is 10.5. The number of imide groups is 1. The number of piperazine rings is 1. The maximum Gasteiger partial charge on any atom is 0.410 e. The third-order valence-electron chi connectivity index (χ3n) is 4.60. The third-order valence-corrected chi connectivity index (χ3v) is 4.60. The monoisotopic (exact) mass is 377 g/mol. The summed E-state index contributed by atoms with van der Waals surface area (Å²) in [4.78, 5) is 51.6. The van der Waals surface area contributed by atoms with Crippen LogP contribution < -0.4 is 0 Å². The lowest BCUT2D eigenvalue weighted by Crippen LogP contribution is -2.50. The fraction of sp³-hybridized carbons (Fsp3) is 0.579. The molecule has 1 fully saturated rings. The van der Waals surface area contributed by atoms with E-state index in [1.165, 1.54) is 17.1 Å². The van der Waals surface area contributed by atoms with Gasteiger partial charge >= 0.3 is 6.09 Å². The van der Waals surface area contributed by atoms with Crippen LogP contribution in [0.2, 0.25) is 0 Å². The first-order valence-corrected chi connectivity index (χ1v) is 9.37. The smallest absolute Gasteiger partial charge is 0.410 e. The molecule has 0 aliphatic carbocycles. The summed E-state index contributed by atoms with van der Waals surface area (Å²) in [5, 5.41) is 0. The molecule has 0 unspecified atom stereocenters. The SMILES string of the molecule is C/C=C/COC(=O)N1CCN(C(=O)CCCCCN2C(=O)C=CC2=O)CC1. The van der Waals surface area contributed by atoms with E-state index in [2.05, 4.69) is 0 Å². The van der Waals surface area contributed by atoms with Crippen molar-refractivity contribution >= 4 is 23.8 Å². The number of hydrogen-bond acceptors (Lipinski definition) is 5. The average molecular weight is 377 g/mol. The molecule has 0 aromatic heterocycles. The summed E-state index contributed by atoms with van der Waals surface area (Å²) in [6.45, 7) is 4.51. The van der Waals surface area contributed by atoms with Crippen LogP contribution in [0.1, 0.15) is 32.6 Å². The molecule has 2 heterocycles. The number of hydrogen-bond donors (Lipinski definition) is 0. The summed E-state index contributed by atoms with van der Waals surface area (Å²) in [7, 11) is 0. The molecule has 0 aromatic carbocycles. The predicted molar refractivity (Wildman–Crippen MR) is 98.6 cm³/mol. The van der Waals surface area contributed by atoms with Crippen LogP contribution in [-0.2, 0) is 19.1 Å². The second-order valence-corrected chi connectivity index (χ2v) is 6.49. The quantitative estimate of drug-likeness (QED) is 0.362. The Morgan fingerprint density at radius 3 is 2.26 bits per heavy atom. The van der Waals surface area contributed by atoms with E-state index >= 15 is 0 Å². The Hall–Kier alpha value is -2.64. The zero-order chi connectivity index (χ0) is 19.6. The Morgan fingerprint density at radius 1 is 1.00 bits per heavy atom. The van der Waals surface area contributed by atoms with Gasteiger partial charge in [0, 0.05) is 51.3 Å². The molecule has 8 heteroatoms. The maximum atomic E-state index is 12.3. The molecule has 0 atom stereocenters. The Bertz CT molecular complexity index is 603. The highest BCUT2D eigenvalue weighted by molar-refractivity contribution is 6.12. The minimum absolute atomic E-state index is 0.0759. The van der Waals surface area contributed by atoms with E-state index in [4.69, 9.17) is 4.74 Å². The Balaban J connectivity index is 1.57. The van der Waals surface area contributed by atoms with Gasteiger partial charge in [0.25, 0.3) is 11.8 Å². The van der Waals surface area contributed by atoms with Crippen molar-refractivity contribution < 1.29 is 23.9 Å². The molecule has 148 valence electrons. The molecule has 8 nitrogen and oxygen atoms in total. The lowest BCUT2D eigenvalue weighted by atomic mass is 10.1. The number of ether oxygens (including phenoxy) is 1. The van der Waals surface area contributed by atoms with E-state index in [0.717, 1.165) is 6.42 Å². The van der Waals surface area contributed by atoms with Crippen LogP contribution in [0, 0.1) is 0 Å². The number of nitrogens with zero attached hydrogens (tertiary/aromatic N) is 3. The maximum absolute atomic E-state index is 12.3. The van der Waals surface area contributed by atoms with Gasteiger partial charge in [0.05, 0.1) is 0 Å². The van der Waals surface area contributed by atoms with E-state index in [1.54, 1.807) is 15.9 Å².